The Labute approximate surface area is 131 Å². The van der Waals surface area contributed by atoms with Crippen molar-refractivity contribution < 1.29 is 9.18 Å². The van der Waals surface area contributed by atoms with E-state index < -0.39 is 0 Å². The van der Waals surface area contributed by atoms with E-state index in [2.05, 4.69) is 18.0 Å². The molecule has 1 aliphatic rings. The smallest absolute Gasteiger partial charge is 0.228 e. The second kappa shape index (κ2) is 8.30. The van der Waals surface area contributed by atoms with Crippen molar-refractivity contribution in [2.75, 3.05) is 13.6 Å². The lowest BCUT2D eigenvalue weighted by Crippen LogP contribution is -2.30. The predicted octanol–water partition coefficient (Wildman–Crippen LogP) is 2.78. The van der Waals surface area contributed by atoms with Gasteiger partial charge in [-0.1, -0.05) is 32.6 Å². The summed E-state index contributed by atoms with van der Waals surface area (Å²) in [5, 5.41) is 11.7. The zero-order valence-electron chi connectivity index (χ0n) is 13.3. The maximum atomic E-state index is 12.8. The highest BCUT2D eigenvalue weighted by atomic mass is 19.1. The molecule has 0 spiro atoms. The van der Waals surface area contributed by atoms with Crippen molar-refractivity contribution >= 4 is 11.6 Å². The quantitative estimate of drug-likeness (QED) is 0.934. The van der Waals surface area contributed by atoms with Crippen LogP contribution in [0.1, 0.15) is 25.8 Å². The molecular formula is C17H22FN3O. The van der Waals surface area contributed by atoms with Crippen LogP contribution in [0.25, 0.3) is 5.70 Å². The van der Waals surface area contributed by atoms with Crippen LogP contribution in [-0.4, -0.2) is 30.4 Å². The third-order valence-electron chi connectivity index (χ3n) is 3.53. The molecular weight excluding hydrogens is 281 g/mol. The minimum Gasteiger partial charge on any atom is -0.326 e. The molecule has 1 aromatic rings. The van der Waals surface area contributed by atoms with Gasteiger partial charge in [-0.3, -0.25) is 9.69 Å². The summed E-state index contributed by atoms with van der Waals surface area (Å²) < 4.78 is 12.8. The Balaban J connectivity index is 0.00000116. The Hall–Kier alpha value is -2.19. The van der Waals surface area contributed by atoms with Gasteiger partial charge in [0.25, 0.3) is 0 Å². The first-order chi connectivity index (χ1) is 10.5. The van der Waals surface area contributed by atoms with E-state index >= 15 is 0 Å². The molecule has 2 rings (SSSR count). The van der Waals surface area contributed by atoms with Gasteiger partial charge in [0, 0.05) is 12.2 Å². The number of rotatable bonds is 3. The van der Waals surface area contributed by atoms with Crippen LogP contribution < -0.4 is 5.32 Å². The lowest BCUT2D eigenvalue weighted by molar-refractivity contribution is -0.123. The van der Waals surface area contributed by atoms with Crippen LogP contribution in [0.15, 0.2) is 30.8 Å². The Morgan fingerprint density at radius 3 is 2.50 bits per heavy atom. The maximum Gasteiger partial charge on any atom is 0.228 e. The largest absolute Gasteiger partial charge is 0.326 e. The van der Waals surface area contributed by atoms with Crippen molar-refractivity contribution in [3.8, 4) is 6.07 Å². The van der Waals surface area contributed by atoms with Crippen LogP contribution in [0.5, 0.6) is 0 Å². The molecule has 2 atom stereocenters. The predicted molar refractivity (Wildman–Crippen MR) is 85.1 cm³/mol. The fourth-order valence-electron chi connectivity index (χ4n) is 2.31. The third kappa shape index (κ3) is 4.40. The fourth-order valence-corrected chi connectivity index (χ4v) is 2.31. The first-order valence-electron chi connectivity index (χ1n) is 7.37. The molecule has 0 aromatic heterocycles. The molecule has 2 unspecified atom stereocenters. The van der Waals surface area contributed by atoms with Gasteiger partial charge >= 0.3 is 0 Å². The van der Waals surface area contributed by atoms with Gasteiger partial charge in [0.2, 0.25) is 5.91 Å². The van der Waals surface area contributed by atoms with Gasteiger partial charge in [0.05, 0.1) is 18.0 Å². The van der Waals surface area contributed by atoms with Gasteiger partial charge in [0.1, 0.15) is 5.82 Å². The monoisotopic (exact) mass is 303 g/mol. The van der Waals surface area contributed by atoms with E-state index in [1.807, 2.05) is 25.8 Å². The molecule has 4 nitrogen and oxygen atoms in total. The number of hydrogen-bond acceptors (Lipinski definition) is 3. The average molecular weight is 303 g/mol. The molecule has 1 aliphatic heterocycles. The van der Waals surface area contributed by atoms with Crippen molar-refractivity contribution in [3.05, 3.63) is 42.2 Å². The van der Waals surface area contributed by atoms with E-state index in [1.54, 1.807) is 12.1 Å². The second-order valence-electron chi connectivity index (χ2n) is 4.99. The van der Waals surface area contributed by atoms with E-state index in [1.165, 1.54) is 12.1 Å². The van der Waals surface area contributed by atoms with E-state index in [-0.39, 0.29) is 23.7 Å². The zero-order valence-corrected chi connectivity index (χ0v) is 13.3. The van der Waals surface area contributed by atoms with Gasteiger partial charge < -0.3 is 5.32 Å². The Bertz CT molecular complexity index is 562. The summed E-state index contributed by atoms with van der Waals surface area (Å²) in [4.78, 5) is 14.0. The van der Waals surface area contributed by atoms with Crippen LogP contribution >= 0.6 is 0 Å². The number of halogens is 1. The Kier molecular flexibility index (Phi) is 6.74. The molecule has 22 heavy (non-hydrogen) atoms. The van der Waals surface area contributed by atoms with E-state index in [0.29, 0.717) is 24.2 Å². The Morgan fingerprint density at radius 1 is 1.41 bits per heavy atom. The molecule has 1 fully saturated rings. The number of likely N-dealkylation sites (tertiary alicyclic amines) is 1. The van der Waals surface area contributed by atoms with Crippen LogP contribution in [0.3, 0.4) is 0 Å². The van der Waals surface area contributed by atoms with Gasteiger partial charge in [-0.25, -0.2) is 4.39 Å². The molecule has 1 saturated heterocycles. The summed E-state index contributed by atoms with van der Waals surface area (Å²) in [7, 11) is 1.83. The normalized spacial score (nSPS) is 20.5. The van der Waals surface area contributed by atoms with Crippen LogP contribution in [0.4, 0.5) is 4.39 Å². The first-order valence-corrected chi connectivity index (χ1v) is 7.37. The summed E-state index contributed by atoms with van der Waals surface area (Å²) in [6, 6.07) is 7.73. The van der Waals surface area contributed by atoms with Crippen molar-refractivity contribution in [1.82, 2.24) is 10.2 Å². The number of nitriles is 1. The molecule has 1 heterocycles. The number of hydrogen-bond donors (Lipinski definition) is 1. The Morgan fingerprint density at radius 2 is 2.00 bits per heavy atom. The summed E-state index contributed by atoms with van der Waals surface area (Å²) in [6.45, 7) is 8.35. The molecule has 1 amide bonds. The minimum absolute atomic E-state index is 0.149. The van der Waals surface area contributed by atoms with Gasteiger partial charge in [-0.05, 0) is 31.2 Å². The van der Waals surface area contributed by atoms with E-state index in [0.717, 1.165) is 0 Å². The average Bonchev–Trinajstić information content (AvgIpc) is 2.91. The van der Waals surface area contributed by atoms with E-state index in [4.69, 9.17) is 5.26 Å². The molecule has 1 N–H and O–H groups in total. The number of nitrogens with zero attached hydrogens (tertiary/aromatic N) is 2. The number of benzene rings is 1. The highest BCUT2D eigenvalue weighted by Crippen LogP contribution is 2.22. The molecule has 1 aromatic carbocycles. The molecule has 118 valence electrons. The van der Waals surface area contributed by atoms with E-state index in [9.17, 15) is 9.18 Å². The number of carbonyl (C=O) groups excluding carboxylic acids is 1. The lowest BCUT2D eigenvalue weighted by atomic mass is 10.0. The molecule has 0 saturated carbocycles. The first kappa shape index (κ1) is 17.9. The molecule has 0 radical (unpaired) electrons. The highest BCUT2D eigenvalue weighted by Gasteiger charge is 2.34. The van der Waals surface area contributed by atoms with Crippen LogP contribution in [-0.2, 0) is 4.79 Å². The minimum atomic E-state index is -0.331. The van der Waals surface area contributed by atoms with Crippen LogP contribution in [0.2, 0.25) is 0 Å². The van der Waals surface area contributed by atoms with Crippen molar-refractivity contribution in [2.24, 2.45) is 5.92 Å². The SMILES string of the molecule is C=C(NC(=O)C1CC(C#N)N(C)C1)c1ccc(F)cc1.CC. The lowest BCUT2D eigenvalue weighted by Gasteiger charge is -2.13. The molecule has 5 heteroatoms. The number of amides is 1. The third-order valence-corrected chi connectivity index (χ3v) is 3.53. The fraction of sp³-hybridized carbons (Fsp3) is 0.412. The number of carbonyl (C=O) groups is 1. The van der Waals surface area contributed by atoms with Gasteiger partial charge in [-0.2, -0.15) is 5.26 Å². The van der Waals surface area contributed by atoms with Gasteiger partial charge in [0.15, 0.2) is 0 Å². The summed E-state index contributed by atoms with van der Waals surface area (Å²) >= 11 is 0. The van der Waals surface area contributed by atoms with Crippen molar-refractivity contribution in [2.45, 2.75) is 26.3 Å². The maximum absolute atomic E-state index is 12.8. The standard InChI is InChI=1S/C15H16FN3O.C2H6/c1-10(11-3-5-13(16)6-4-11)18-15(20)12-7-14(8-17)19(2)9-12;1-2/h3-6,12,14H,1,7,9H2,2H3,(H,18,20);1-2H3. The summed E-state index contributed by atoms with van der Waals surface area (Å²) in [5.41, 5.74) is 1.11. The summed E-state index contributed by atoms with van der Waals surface area (Å²) in [6.07, 6.45) is 0.523. The summed E-state index contributed by atoms with van der Waals surface area (Å²) in [5.74, 6) is -0.701. The molecule has 0 aliphatic carbocycles. The van der Waals surface area contributed by atoms with Crippen LogP contribution in [0, 0.1) is 23.1 Å². The van der Waals surface area contributed by atoms with Gasteiger partial charge in [-0.15, -0.1) is 0 Å². The van der Waals surface area contributed by atoms with Crippen molar-refractivity contribution in [1.29, 1.82) is 5.26 Å². The highest BCUT2D eigenvalue weighted by molar-refractivity contribution is 5.88. The molecule has 0 bridgehead atoms. The topological polar surface area (TPSA) is 56.1 Å². The number of nitrogens with one attached hydrogen (secondary N) is 1. The van der Waals surface area contributed by atoms with Crippen molar-refractivity contribution in [3.63, 3.8) is 0 Å². The zero-order chi connectivity index (χ0) is 16.7. The second-order valence-corrected chi connectivity index (χ2v) is 4.99.